The molecule has 0 radical (unpaired) electrons. The first-order chi connectivity index (χ1) is 13.9. The molecule has 1 aliphatic heterocycles. The summed E-state index contributed by atoms with van der Waals surface area (Å²) in [6, 6.07) is 13.8. The summed E-state index contributed by atoms with van der Waals surface area (Å²) in [5.41, 5.74) is 1.71. The zero-order valence-electron chi connectivity index (χ0n) is 17.2. The molecular weight excluding hydrogens is 518 g/mol. The maximum atomic E-state index is 14.0. The first kappa shape index (κ1) is 24.4. The molecule has 0 saturated carbocycles. The molecule has 0 atom stereocenters. The standard InChI is InChI=1S/C21H27FN4O2S.HI/c1-23-21(24-12-11-17-7-9-18(10-8-17)29(2,27)28)26-15-13-25(14-16-26)20-6-4-3-5-19(20)22;/h3-10H,11-16H2,1-2H3,(H,23,24);1H. The van der Waals surface area contributed by atoms with Crippen LogP contribution in [-0.4, -0.2) is 65.3 Å². The van der Waals surface area contributed by atoms with Gasteiger partial charge in [-0.15, -0.1) is 24.0 Å². The van der Waals surface area contributed by atoms with Gasteiger partial charge in [0.05, 0.1) is 10.6 Å². The number of benzene rings is 2. The number of para-hydroxylation sites is 1. The Hall–Kier alpha value is -1.88. The highest BCUT2D eigenvalue weighted by atomic mass is 127. The molecule has 0 aliphatic carbocycles. The summed E-state index contributed by atoms with van der Waals surface area (Å²) in [5.74, 6) is 0.635. The van der Waals surface area contributed by atoms with Gasteiger partial charge in [-0.3, -0.25) is 4.99 Å². The van der Waals surface area contributed by atoms with Crippen molar-refractivity contribution in [2.45, 2.75) is 11.3 Å². The number of hydrogen-bond donors (Lipinski definition) is 1. The van der Waals surface area contributed by atoms with Crippen molar-refractivity contribution in [3.05, 3.63) is 59.9 Å². The summed E-state index contributed by atoms with van der Waals surface area (Å²) in [4.78, 5) is 8.92. The number of nitrogens with one attached hydrogen (secondary N) is 1. The van der Waals surface area contributed by atoms with Crippen molar-refractivity contribution < 1.29 is 12.8 Å². The van der Waals surface area contributed by atoms with E-state index in [1.165, 1.54) is 12.3 Å². The monoisotopic (exact) mass is 546 g/mol. The van der Waals surface area contributed by atoms with Crippen molar-refractivity contribution >= 4 is 45.5 Å². The van der Waals surface area contributed by atoms with E-state index < -0.39 is 9.84 Å². The van der Waals surface area contributed by atoms with Gasteiger partial charge in [0, 0.05) is 46.0 Å². The highest BCUT2D eigenvalue weighted by molar-refractivity contribution is 14.0. The van der Waals surface area contributed by atoms with Crippen molar-refractivity contribution in [2.24, 2.45) is 4.99 Å². The third-order valence-corrected chi connectivity index (χ3v) is 6.16. The largest absolute Gasteiger partial charge is 0.366 e. The molecule has 0 aromatic heterocycles. The first-order valence-electron chi connectivity index (χ1n) is 9.62. The maximum absolute atomic E-state index is 14.0. The van der Waals surface area contributed by atoms with Gasteiger partial charge >= 0.3 is 0 Å². The molecule has 6 nitrogen and oxygen atoms in total. The summed E-state index contributed by atoms with van der Waals surface area (Å²) >= 11 is 0. The lowest BCUT2D eigenvalue weighted by molar-refractivity contribution is 0.371. The van der Waals surface area contributed by atoms with E-state index in [9.17, 15) is 12.8 Å². The van der Waals surface area contributed by atoms with Crippen LogP contribution >= 0.6 is 24.0 Å². The van der Waals surface area contributed by atoms with Gasteiger partial charge in [0.1, 0.15) is 5.82 Å². The third-order valence-electron chi connectivity index (χ3n) is 5.03. The fraction of sp³-hybridized carbons (Fsp3) is 0.381. The Morgan fingerprint density at radius 1 is 1.07 bits per heavy atom. The zero-order valence-corrected chi connectivity index (χ0v) is 20.4. The Bertz CT molecular complexity index is 959. The SMILES string of the molecule is CN=C(NCCc1ccc(S(C)(=O)=O)cc1)N1CCN(c2ccccc2F)CC1.I. The molecule has 2 aromatic rings. The van der Waals surface area contributed by atoms with Gasteiger partial charge < -0.3 is 15.1 Å². The number of guanidine groups is 1. The van der Waals surface area contributed by atoms with Crippen LogP contribution in [0.15, 0.2) is 58.4 Å². The number of piperazine rings is 1. The van der Waals surface area contributed by atoms with Crippen molar-refractivity contribution in [1.29, 1.82) is 0 Å². The van der Waals surface area contributed by atoms with Crippen molar-refractivity contribution in [1.82, 2.24) is 10.2 Å². The predicted octanol–water partition coefficient (Wildman–Crippen LogP) is 2.79. The molecule has 0 amide bonds. The second-order valence-electron chi connectivity index (χ2n) is 7.07. The van der Waals surface area contributed by atoms with Gasteiger partial charge in [-0.1, -0.05) is 24.3 Å². The summed E-state index contributed by atoms with van der Waals surface area (Å²) < 4.78 is 37.1. The number of sulfone groups is 1. The fourth-order valence-corrected chi connectivity index (χ4v) is 4.05. The smallest absolute Gasteiger partial charge is 0.193 e. The second-order valence-corrected chi connectivity index (χ2v) is 9.08. The number of anilines is 1. The van der Waals surface area contributed by atoms with Crippen LogP contribution in [0, 0.1) is 5.82 Å². The number of hydrogen-bond acceptors (Lipinski definition) is 4. The topological polar surface area (TPSA) is 65.0 Å². The average molecular weight is 546 g/mol. The summed E-state index contributed by atoms with van der Waals surface area (Å²) in [7, 11) is -1.41. The lowest BCUT2D eigenvalue weighted by Crippen LogP contribution is -2.53. The molecule has 0 unspecified atom stereocenters. The normalized spacial score (nSPS) is 15.0. The molecule has 0 spiro atoms. The van der Waals surface area contributed by atoms with Crippen LogP contribution in [0.5, 0.6) is 0 Å². The van der Waals surface area contributed by atoms with E-state index in [2.05, 4.69) is 20.1 Å². The van der Waals surface area contributed by atoms with Gasteiger partial charge in [-0.2, -0.15) is 0 Å². The molecule has 9 heteroatoms. The second kappa shape index (κ2) is 10.9. The van der Waals surface area contributed by atoms with Crippen molar-refractivity contribution in [3.8, 4) is 0 Å². The van der Waals surface area contributed by atoms with Crippen LogP contribution in [0.4, 0.5) is 10.1 Å². The first-order valence-corrected chi connectivity index (χ1v) is 11.5. The number of aliphatic imine (C=N–C) groups is 1. The Kier molecular flexibility index (Phi) is 8.90. The molecular formula is C21H28FIN4O2S. The Labute approximate surface area is 195 Å². The molecule has 0 bridgehead atoms. The molecule has 2 aromatic carbocycles. The van der Waals surface area contributed by atoms with Crippen LogP contribution in [-0.2, 0) is 16.3 Å². The van der Waals surface area contributed by atoms with Crippen LogP contribution in [0.1, 0.15) is 5.56 Å². The average Bonchev–Trinajstić information content (AvgIpc) is 2.72. The minimum Gasteiger partial charge on any atom is -0.366 e. The van der Waals surface area contributed by atoms with Crippen LogP contribution in [0.2, 0.25) is 0 Å². The number of nitrogens with zero attached hydrogens (tertiary/aromatic N) is 3. The van der Waals surface area contributed by atoms with Gasteiger partial charge in [0.25, 0.3) is 0 Å². The van der Waals surface area contributed by atoms with Crippen LogP contribution < -0.4 is 10.2 Å². The zero-order chi connectivity index (χ0) is 20.9. The summed E-state index contributed by atoms with van der Waals surface area (Å²) in [6.07, 6.45) is 1.97. The summed E-state index contributed by atoms with van der Waals surface area (Å²) in [5, 5.41) is 3.36. The molecule has 1 N–H and O–H groups in total. The minimum atomic E-state index is -3.17. The van der Waals surface area contributed by atoms with Crippen molar-refractivity contribution in [3.63, 3.8) is 0 Å². The molecule has 3 rings (SSSR count). The van der Waals surface area contributed by atoms with E-state index in [-0.39, 0.29) is 29.8 Å². The molecule has 1 aliphatic rings. The molecule has 164 valence electrons. The number of rotatable bonds is 5. The quantitative estimate of drug-likeness (QED) is 0.355. The lowest BCUT2D eigenvalue weighted by atomic mass is 10.1. The highest BCUT2D eigenvalue weighted by Crippen LogP contribution is 2.20. The van der Waals surface area contributed by atoms with E-state index in [0.29, 0.717) is 17.1 Å². The molecule has 1 fully saturated rings. The number of halogens is 2. The van der Waals surface area contributed by atoms with Gasteiger partial charge in [-0.05, 0) is 36.2 Å². The third kappa shape index (κ3) is 6.31. The molecule has 30 heavy (non-hydrogen) atoms. The van der Waals surface area contributed by atoms with Gasteiger partial charge in [-0.25, -0.2) is 12.8 Å². The van der Waals surface area contributed by atoms with E-state index in [4.69, 9.17) is 0 Å². The fourth-order valence-electron chi connectivity index (χ4n) is 3.42. The van der Waals surface area contributed by atoms with Crippen LogP contribution in [0.25, 0.3) is 0 Å². The summed E-state index contributed by atoms with van der Waals surface area (Å²) in [6.45, 7) is 3.68. The van der Waals surface area contributed by atoms with E-state index in [0.717, 1.165) is 44.1 Å². The van der Waals surface area contributed by atoms with Gasteiger partial charge in [0.15, 0.2) is 15.8 Å². The minimum absolute atomic E-state index is 0. The Balaban J connectivity index is 0.00000320. The maximum Gasteiger partial charge on any atom is 0.193 e. The Morgan fingerprint density at radius 2 is 1.70 bits per heavy atom. The molecule has 1 heterocycles. The van der Waals surface area contributed by atoms with E-state index in [1.807, 2.05) is 24.3 Å². The highest BCUT2D eigenvalue weighted by Gasteiger charge is 2.21. The van der Waals surface area contributed by atoms with E-state index >= 15 is 0 Å². The molecule has 1 saturated heterocycles. The van der Waals surface area contributed by atoms with Crippen molar-refractivity contribution in [2.75, 3.05) is 50.9 Å². The lowest BCUT2D eigenvalue weighted by Gasteiger charge is -2.37. The van der Waals surface area contributed by atoms with Gasteiger partial charge in [0.2, 0.25) is 0 Å². The Morgan fingerprint density at radius 3 is 2.27 bits per heavy atom. The predicted molar refractivity (Wildman–Crippen MR) is 130 cm³/mol. The van der Waals surface area contributed by atoms with Crippen LogP contribution in [0.3, 0.4) is 0 Å². The van der Waals surface area contributed by atoms with E-state index in [1.54, 1.807) is 25.2 Å².